The minimum atomic E-state index is -1.30. The van der Waals surface area contributed by atoms with Crippen LogP contribution in [0.25, 0.3) is 0 Å². The molecule has 0 unspecified atom stereocenters. The number of benzene rings is 1. The number of carboxylic acids is 1. The summed E-state index contributed by atoms with van der Waals surface area (Å²) >= 11 is 0. The monoisotopic (exact) mass is 264 g/mol. The predicted molar refractivity (Wildman–Crippen MR) is 61.0 cm³/mol. The van der Waals surface area contributed by atoms with Crippen molar-refractivity contribution in [1.29, 1.82) is 0 Å². The summed E-state index contributed by atoms with van der Waals surface area (Å²) in [6.07, 6.45) is 0. The Balaban J connectivity index is 1.97. The first-order valence-electron chi connectivity index (χ1n) is 5.29. The molecule has 0 saturated heterocycles. The Hall–Kier alpha value is -2.70. The first-order chi connectivity index (χ1) is 9.06. The molecular weight excluding hydrogens is 255 g/mol. The Morgan fingerprint density at radius 3 is 2.58 bits per heavy atom. The number of aromatic carboxylic acids is 1. The number of nitrogens with zero attached hydrogens (tertiary/aromatic N) is 1. The van der Waals surface area contributed by atoms with E-state index in [4.69, 9.17) is 5.11 Å². The van der Waals surface area contributed by atoms with Gasteiger partial charge in [-0.3, -0.25) is 4.79 Å². The Labute approximate surface area is 106 Å². The van der Waals surface area contributed by atoms with Crippen LogP contribution in [-0.2, 0) is 6.54 Å². The molecule has 7 heteroatoms. The zero-order valence-electron chi connectivity index (χ0n) is 9.59. The molecule has 19 heavy (non-hydrogen) atoms. The van der Waals surface area contributed by atoms with Crippen LogP contribution in [0.1, 0.15) is 26.6 Å². The Morgan fingerprint density at radius 2 is 2.00 bits per heavy atom. The molecule has 0 aliphatic rings. The van der Waals surface area contributed by atoms with Crippen molar-refractivity contribution >= 4 is 11.9 Å². The van der Waals surface area contributed by atoms with Gasteiger partial charge in [-0.15, -0.1) is 0 Å². The number of hydrogen-bond donors (Lipinski definition) is 2. The van der Waals surface area contributed by atoms with E-state index in [0.29, 0.717) is 5.56 Å². The van der Waals surface area contributed by atoms with Gasteiger partial charge < -0.3 is 14.9 Å². The van der Waals surface area contributed by atoms with Gasteiger partial charge in [0.2, 0.25) is 5.76 Å². The fourth-order valence-electron chi connectivity index (χ4n) is 1.36. The van der Waals surface area contributed by atoms with Crippen molar-refractivity contribution in [2.45, 2.75) is 6.54 Å². The lowest BCUT2D eigenvalue weighted by molar-refractivity contribution is 0.0651. The average molecular weight is 264 g/mol. The zero-order chi connectivity index (χ0) is 13.8. The number of halogens is 1. The molecule has 2 rings (SSSR count). The van der Waals surface area contributed by atoms with E-state index in [2.05, 4.69) is 15.0 Å². The minimum absolute atomic E-state index is 0.125. The van der Waals surface area contributed by atoms with Gasteiger partial charge in [0, 0.05) is 12.6 Å². The van der Waals surface area contributed by atoms with E-state index in [-0.39, 0.29) is 18.1 Å². The summed E-state index contributed by atoms with van der Waals surface area (Å²) < 4.78 is 17.1. The van der Waals surface area contributed by atoms with Crippen molar-refractivity contribution < 1.29 is 23.6 Å². The fourth-order valence-corrected chi connectivity index (χ4v) is 1.36. The zero-order valence-corrected chi connectivity index (χ0v) is 9.59. The van der Waals surface area contributed by atoms with Crippen molar-refractivity contribution in [2.24, 2.45) is 0 Å². The Morgan fingerprint density at radius 1 is 1.32 bits per heavy atom. The summed E-state index contributed by atoms with van der Waals surface area (Å²) in [5, 5.41) is 14.5. The third kappa shape index (κ3) is 3.15. The summed E-state index contributed by atoms with van der Waals surface area (Å²) in [6, 6.07) is 6.64. The molecular formula is C12H9FN2O4. The molecule has 1 aromatic heterocycles. The number of aromatic nitrogens is 1. The second kappa shape index (κ2) is 5.30. The highest BCUT2D eigenvalue weighted by Gasteiger charge is 2.16. The molecule has 1 amide bonds. The van der Waals surface area contributed by atoms with Crippen molar-refractivity contribution in [3.63, 3.8) is 0 Å². The summed E-state index contributed by atoms with van der Waals surface area (Å²) in [6.45, 7) is 0.175. The number of carboxylic acid groups (broad SMARTS) is 1. The molecule has 98 valence electrons. The lowest BCUT2D eigenvalue weighted by atomic mass is 10.2. The number of hydrogen-bond acceptors (Lipinski definition) is 4. The number of carbonyl (C=O) groups is 2. The Bertz CT molecular complexity index is 606. The van der Waals surface area contributed by atoms with Crippen LogP contribution in [0.5, 0.6) is 0 Å². The largest absolute Gasteiger partial charge is 0.475 e. The van der Waals surface area contributed by atoms with Gasteiger partial charge in [0.05, 0.1) is 0 Å². The van der Waals surface area contributed by atoms with E-state index in [1.54, 1.807) is 0 Å². The maximum atomic E-state index is 12.7. The van der Waals surface area contributed by atoms with Crippen LogP contribution in [0, 0.1) is 5.82 Å². The van der Waals surface area contributed by atoms with Crippen molar-refractivity contribution in [3.05, 3.63) is 53.2 Å². The molecule has 2 N–H and O–H groups in total. The van der Waals surface area contributed by atoms with Crippen LogP contribution in [0.3, 0.4) is 0 Å². The van der Waals surface area contributed by atoms with Crippen LogP contribution in [-0.4, -0.2) is 22.1 Å². The molecule has 0 saturated carbocycles. The molecule has 0 atom stereocenters. The molecule has 1 heterocycles. The van der Waals surface area contributed by atoms with Crippen molar-refractivity contribution in [3.8, 4) is 0 Å². The minimum Gasteiger partial charge on any atom is -0.475 e. The number of carbonyl (C=O) groups excluding carboxylic acids is 1. The SMILES string of the molecule is O=C(NCc1ccc(F)cc1)c1cc(C(=O)O)on1. The molecule has 0 fully saturated rings. The lowest BCUT2D eigenvalue weighted by Gasteiger charge is -2.02. The van der Waals surface area contributed by atoms with Crippen LogP contribution >= 0.6 is 0 Å². The smallest absolute Gasteiger partial charge is 0.374 e. The first-order valence-corrected chi connectivity index (χ1v) is 5.29. The van der Waals surface area contributed by atoms with E-state index >= 15 is 0 Å². The topological polar surface area (TPSA) is 92.4 Å². The van der Waals surface area contributed by atoms with Gasteiger partial charge >= 0.3 is 5.97 Å². The van der Waals surface area contributed by atoms with Crippen molar-refractivity contribution in [2.75, 3.05) is 0 Å². The quantitative estimate of drug-likeness (QED) is 0.871. The number of rotatable bonds is 4. The summed E-state index contributed by atoms with van der Waals surface area (Å²) in [5.41, 5.74) is 0.580. The second-order valence-electron chi connectivity index (χ2n) is 3.69. The van der Waals surface area contributed by atoms with Gasteiger partial charge in [-0.05, 0) is 17.7 Å². The van der Waals surface area contributed by atoms with Gasteiger partial charge in [0.15, 0.2) is 5.69 Å². The van der Waals surface area contributed by atoms with Gasteiger partial charge in [-0.2, -0.15) is 0 Å². The first kappa shape index (κ1) is 12.7. The van der Waals surface area contributed by atoms with E-state index in [0.717, 1.165) is 6.07 Å². The van der Waals surface area contributed by atoms with Crippen LogP contribution in [0.2, 0.25) is 0 Å². The highest BCUT2D eigenvalue weighted by Crippen LogP contribution is 2.05. The van der Waals surface area contributed by atoms with Crippen LogP contribution in [0.15, 0.2) is 34.9 Å². The van der Waals surface area contributed by atoms with Gasteiger partial charge in [0.25, 0.3) is 5.91 Å². The molecule has 6 nitrogen and oxygen atoms in total. The maximum absolute atomic E-state index is 12.7. The standard InChI is InChI=1S/C12H9FN2O4/c13-8-3-1-7(2-4-8)6-14-11(16)9-5-10(12(17)18)19-15-9/h1-5H,6H2,(H,14,16)(H,17,18). The predicted octanol–water partition coefficient (Wildman–Crippen LogP) is 1.44. The van der Waals surface area contributed by atoms with Gasteiger partial charge in [-0.1, -0.05) is 17.3 Å². The summed E-state index contributed by atoms with van der Waals surface area (Å²) in [7, 11) is 0. The molecule has 0 radical (unpaired) electrons. The van der Waals surface area contributed by atoms with Crippen LogP contribution in [0.4, 0.5) is 4.39 Å². The highest BCUT2D eigenvalue weighted by atomic mass is 19.1. The average Bonchev–Trinajstić information content (AvgIpc) is 2.87. The van der Waals surface area contributed by atoms with Crippen molar-refractivity contribution in [1.82, 2.24) is 10.5 Å². The second-order valence-corrected chi connectivity index (χ2v) is 3.69. The van der Waals surface area contributed by atoms with E-state index in [9.17, 15) is 14.0 Å². The Kier molecular flexibility index (Phi) is 3.56. The number of amides is 1. The third-order valence-electron chi connectivity index (χ3n) is 2.32. The van der Waals surface area contributed by atoms with E-state index < -0.39 is 17.6 Å². The third-order valence-corrected chi connectivity index (χ3v) is 2.32. The fraction of sp³-hybridized carbons (Fsp3) is 0.0833. The van der Waals surface area contributed by atoms with Crippen LogP contribution < -0.4 is 5.32 Å². The molecule has 1 aromatic carbocycles. The molecule has 0 aliphatic heterocycles. The number of nitrogens with one attached hydrogen (secondary N) is 1. The maximum Gasteiger partial charge on any atom is 0.374 e. The molecule has 2 aromatic rings. The lowest BCUT2D eigenvalue weighted by Crippen LogP contribution is -2.23. The van der Waals surface area contributed by atoms with Gasteiger partial charge in [-0.25, -0.2) is 9.18 Å². The van der Waals surface area contributed by atoms with Gasteiger partial charge in [0.1, 0.15) is 5.82 Å². The summed E-state index contributed by atoms with van der Waals surface area (Å²) in [4.78, 5) is 22.2. The summed E-state index contributed by atoms with van der Waals surface area (Å²) in [5.74, 6) is -2.64. The van der Waals surface area contributed by atoms with E-state index in [1.165, 1.54) is 24.3 Å². The highest BCUT2D eigenvalue weighted by molar-refractivity contribution is 5.94. The normalized spacial score (nSPS) is 10.2. The van der Waals surface area contributed by atoms with E-state index in [1.807, 2.05) is 0 Å². The molecule has 0 aliphatic carbocycles. The molecule has 0 spiro atoms. The molecule has 0 bridgehead atoms.